The van der Waals surface area contributed by atoms with Gasteiger partial charge < -0.3 is 0 Å². The summed E-state index contributed by atoms with van der Waals surface area (Å²) in [6, 6.07) is 7.57. The molecule has 5 heteroatoms. The SMILES string of the molecule is C#CC(C)NS(=O)(=O)c1ccc(CC#N)cc1. The molecular formula is C12H12N2O2S. The average molecular weight is 248 g/mol. The van der Waals surface area contributed by atoms with Crippen LogP contribution >= 0.6 is 0 Å². The van der Waals surface area contributed by atoms with Crippen LogP contribution in [0.25, 0.3) is 0 Å². The Morgan fingerprint density at radius 2 is 2.00 bits per heavy atom. The van der Waals surface area contributed by atoms with Crippen LogP contribution in [-0.2, 0) is 16.4 Å². The Hall–Kier alpha value is -1.82. The van der Waals surface area contributed by atoms with Crippen molar-refractivity contribution in [3.63, 3.8) is 0 Å². The minimum absolute atomic E-state index is 0.140. The van der Waals surface area contributed by atoms with Gasteiger partial charge in [0.1, 0.15) is 0 Å². The average Bonchev–Trinajstić information content (AvgIpc) is 2.29. The van der Waals surface area contributed by atoms with Crippen molar-refractivity contribution in [2.75, 3.05) is 0 Å². The van der Waals surface area contributed by atoms with Gasteiger partial charge in [-0.3, -0.25) is 0 Å². The molecule has 1 aromatic rings. The molecule has 0 amide bonds. The van der Waals surface area contributed by atoms with Gasteiger partial charge in [-0.2, -0.15) is 9.98 Å². The predicted octanol–water partition coefficient (Wildman–Crippen LogP) is 1.05. The van der Waals surface area contributed by atoms with Crippen LogP contribution < -0.4 is 4.72 Å². The molecule has 1 unspecified atom stereocenters. The van der Waals surface area contributed by atoms with Gasteiger partial charge in [0.2, 0.25) is 10.0 Å². The number of rotatable bonds is 4. The largest absolute Gasteiger partial charge is 0.241 e. The summed E-state index contributed by atoms with van der Waals surface area (Å²) < 4.78 is 25.9. The number of terminal acetylenes is 1. The maximum Gasteiger partial charge on any atom is 0.241 e. The highest BCUT2D eigenvalue weighted by Crippen LogP contribution is 2.11. The lowest BCUT2D eigenvalue weighted by Gasteiger charge is -2.09. The molecule has 1 atom stereocenters. The summed E-state index contributed by atoms with van der Waals surface area (Å²) in [6.07, 6.45) is 5.37. The van der Waals surface area contributed by atoms with E-state index in [1.807, 2.05) is 6.07 Å². The van der Waals surface area contributed by atoms with Crippen molar-refractivity contribution in [1.29, 1.82) is 5.26 Å². The maximum atomic E-state index is 11.8. The first kappa shape index (κ1) is 13.2. The lowest BCUT2D eigenvalue weighted by Crippen LogP contribution is -2.31. The highest BCUT2D eigenvalue weighted by Gasteiger charge is 2.15. The van der Waals surface area contributed by atoms with E-state index in [9.17, 15) is 8.42 Å². The third-order valence-corrected chi connectivity index (χ3v) is 3.66. The van der Waals surface area contributed by atoms with Crippen molar-refractivity contribution < 1.29 is 8.42 Å². The van der Waals surface area contributed by atoms with Gasteiger partial charge in [0, 0.05) is 0 Å². The molecule has 1 rings (SSSR count). The van der Waals surface area contributed by atoms with E-state index in [0.717, 1.165) is 5.56 Å². The quantitative estimate of drug-likeness (QED) is 0.810. The number of hydrogen-bond acceptors (Lipinski definition) is 3. The molecule has 4 nitrogen and oxygen atoms in total. The van der Waals surface area contributed by atoms with Gasteiger partial charge in [-0.25, -0.2) is 8.42 Å². The number of hydrogen-bond donors (Lipinski definition) is 1. The molecule has 0 aromatic heterocycles. The molecule has 0 aliphatic heterocycles. The minimum atomic E-state index is -3.58. The van der Waals surface area contributed by atoms with E-state index in [4.69, 9.17) is 11.7 Å². The van der Waals surface area contributed by atoms with Crippen LogP contribution in [0.1, 0.15) is 12.5 Å². The number of nitriles is 1. The highest BCUT2D eigenvalue weighted by atomic mass is 32.2. The first-order valence-corrected chi connectivity index (χ1v) is 6.42. The summed E-state index contributed by atoms with van der Waals surface area (Å²) in [7, 11) is -3.58. The van der Waals surface area contributed by atoms with Gasteiger partial charge in [0.05, 0.1) is 23.4 Å². The van der Waals surface area contributed by atoms with Crippen molar-refractivity contribution >= 4 is 10.0 Å². The molecule has 0 saturated carbocycles. The van der Waals surface area contributed by atoms with Crippen LogP contribution in [0.5, 0.6) is 0 Å². The number of nitrogens with one attached hydrogen (secondary N) is 1. The Morgan fingerprint density at radius 3 is 2.47 bits per heavy atom. The Kier molecular flexibility index (Phi) is 4.28. The standard InChI is InChI=1S/C12H12N2O2S/c1-3-10(2)14-17(15,16)12-6-4-11(5-7-12)8-9-13/h1,4-7,10,14H,8H2,2H3. The van der Waals surface area contributed by atoms with E-state index in [2.05, 4.69) is 10.6 Å². The van der Waals surface area contributed by atoms with E-state index in [-0.39, 0.29) is 11.3 Å². The molecule has 0 fully saturated rings. The van der Waals surface area contributed by atoms with Gasteiger partial charge in [0.25, 0.3) is 0 Å². The molecule has 0 saturated heterocycles. The van der Waals surface area contributed by atoms with E-state index < -0.39 is 16.1 Å². The molecule has 0 aliphatic rings. The minimum Gasteiger partial charge on any atom is -0.207 e. The monoisotopic (exact) mass is 248 g/mol. The smallest absolute Gasteiger partial charge is 0.207 e. The van der Waals surface area contributed by atoms with Crippen LogP contribution in [0.15, 0.2) is 29.2 Å². The van der Waals surface area contributed by atoms with Crippen molar-refractivity contribution in [1.82, 2.24) is 4.72 Å². The summed E-state index contributed by atoms with van der Waals surface area (Å²) in [5.41, 5.74) is 0.774. The van der Waals surface area contributed by atoms with Crippen molar-refractivity contribution in [2.45, 2.75) is 24.3 Å². The zero-order chi connectivity index (χ0) is 12.9. The molecule has 17 heavy (non-hydrogen) atoms. The zero-order valence-electron chi connectivity index (χ0n) is 9.34. The Labute approximate surface area is 101 Å². The van der Waals surface area contributed by atoms with E-state index in [1.54, 1.807) is 19.1 Å². The van der Waals surface area contributed by atoms with Gasteiger partial charge in [-0.15, -0.1) is 6.42 Å². The lowest BCUT2D eigenvalue weighted by molar-refractivity contribution is 0.577. The molecular weight excluding hydrogens is 236 g/mol. The normalized spacial score (nSPS) is 12.4. The van der Waals surface area contributed by atoms with Crippen LogP contribution in [-0.4, -0.2) is 14.5 Å². The Balaban J connectivity index is 2.94. The van der Waals surface area contributed by atoms with Gasteiger partial charge in [0.15, 0.2) is 0 Å². The van der Waals surface area contributed by atoms with E-state index in [1.165, 1.54) is 12.1 Å². The van der Waals surface area contributed by atoms with Crippen LogP contribution in [0.4, 0.5) is 0 Å². The zero-order valence-corrected chi connectivity index (χ0v) is 10.2. The Bertz CT molecular complexity index is 562. The summed E-state index contributed by atoms with van der Waals surface area (Å²) in [6.45, 7) is 1.58. The van der Waals surface area contributed by atoms with E-state index in [0.29, 0.717) is 0 Å². The van der Waals surface area contributed by atoms with Crippen LogP contribution in [0.2, 0.25) is 0 Å². The van der Waals surface area contributed by atoms with E-state index >= 15 is 0 Å². The number of benzene rings is 1. The summed E-state index contributed by atoms with van der Waals surface area (Å²) in [5.74, 6) is 2.29. The van der Waals surface area contributed by atoms with Gasteiger partial charge in [-0.05, 0) is 24.6 Å². The summed E-state index contributed by atoms with van der Waals surface area (Å²) >= 11 is 0. The second kappa shape index (κ2) is 5.49. The Morgan fingerprint density at radius 1 is 1.41 bits per heavy atom. The maximum absolute atomic E-state index is 11.8. The topological polar surface area (TPSA) is 70.0 Å². The molecule has 0 spiro atoms. The third-order valence-electron chi connectivity index (χ3n) is 2.10. The molecule has 88 valence electrons. The number of sulfonamides is 1. The first-order chi connectivity index (χ1) is 7.99. The fourth-order valence-electron chi connectivity index (χ4n) is 1.21. The fraction of sp³-hybridized carbons (Fsp3) is 0.250. The number of nitrogens with zero attached hydrogens (tertiary/aromatic N) is 1. The summed E-state index contributed by atoms with van der Waals surface area (Å²) in [5, 5.41) is 8.50. The molecule has 0 heterocycles. The summed E-state index contributed by atoms with van der Waals surface area (Å²) in [4.78, 5) is 0.140. The molecule has 0 bridgehead atoms. The fourth-order valence-corrected chi connectivity index (χ4v) is 2.38. The van der Waals surface area contributed by atoms with Crippen LogP contribution in [0.3, 0.4) is 0 Å². The highest BCUT2D eigenvalue weighted by molar-refractivity contribution is 7.89. The first-order valence-electron chi connectivity index (χ1n) is 4.94. The molecule has 0 radical (unpaired) electrons. The second-order valence-electron chi connectivity index (χ2n) is 3.49. The van der Waals surface area contributed by atoms with Gasteiger partial charge in [-0.1, -0.05) is 18.1 Å². The molecule has 1 aromatic carbocycles. The van der Waals surface area contributed by atoms with Gasteiger partial charge >= 0.3 is 0 Å². The predicted molar refractivity (Wildman–Crippen MR) is 64.4 cm³/mol. The van der Waals surface area contributed by atoms with Crippen molar-refractivity contribution in [2.24, 2.45) is 0 Å². The van der Waals surface area contributed by atoms with Crippen LogP contribution in [0, 0.1) is 23.7 Å². The third kappa shape index (κ3) is 3.60. The molecule has 1 N–H and O–H groups in total. The van der Waals surface area contributed by atoms with Crippen molar-refractivity contribution in [3.8, 4) is 18.4 Å². The second-order valence-corrected chi connectivity index (χ2v) is 5.20. The lowest BCUT2D eigenvalue weighted by atomic mass is 10.2. The van der Waals surface area contributed by atoms with Crippen molar-refractivity contribution in [3.05, 3.63) is 29.8 Å². The molecule has 0 aliphatic carbocycles.